The Morgan fingerprint density at radius 1 is 1.50 bits per heavy atom. The van der Waals surface area contributed by atoms with Gasteiger partial charge in [0.15, 0.2) is 5.16 Å². The van der Waals surface area contributed by atoms with Gasteiger partial charge in [0.2, 0.25) is 0 Å². The van der Waals surface area contributed by atoms with Crippen LogP contribution >= 0.6 is 11.8 Å². The minimum atomic E-state index is -0.816. The number of carboxylic acid groups (broad SMARTS) is 1. The molecule has 1 saturated carbocycles. The van der Waals surface area contributed by atoms with Gasteiger partial charge >= 0.3 is 5.97 Å². The minimum Gasteiger partial charge on any atom is -0.481 e. The number of hydrogen-bond acceptors (Lipinski definition) is 4. The van der Waals surface area contributed by atoms with Gasteiger partial charge in [0, 0.05) is 6.04 Å². The lowest BCUT2D eigenvalue weighted by Gasteiger charge is -2.29. The van der Waals surface area contributed by atoms with Crippen molar-refractivity contribution in [3.63, 3.8) is 0 Å². The fraction of sp³-hybridized carbons (Fsp3) is 0.750. The predicted molar refractivity (Wildman–Crippen MR) is 69.8 cm³/mol. The van der Waals surface area contributed by atoms with Crippen molar-refractivity contribution in [3.05, 3.63) is 5.82 Å². The number of hydrogen-bond donors (Lipinski definition) is 1. The Labute approximate surface area is 111 Å². The lowest BCUT2D eigenvalue weighted by Crippen LogP contribution is -2.19. The molecule has 1 N–H and O–H groups in total. The Balaban J connectivity index is 2.15. The normalized spacial score (nSPS) is 24.1. The summed E-state index contributed by atoms with van der Waals surface area (Å²) in [6.07, 6.45) is 4.80. The van der Waals surface area contributed by atoms with E-state index in [0.717, 1.165) is 29.7 Å². The van der Waals surface area contributed by atoms with E-state index in [2.05, 4.69) is 21.7 Å². The molecule has 1 aliphatic rings. The lowest BCUT2D eigenvalue weighted by atomic mass is 9.87. The predicted octanol–water partition coefficient (Wildman–Crippen LogP) is 2.51. The largest absolute Gasteiger partial charge is 0.481 e. The number of carboxylic acids is 1. The fourth-order valence-corrected chi connectivity index (χ4v) is 3.40. The van der Waals surface area contributed by atoms with E-state index in [4.69, 9.17) is 5.11 Å². The highest BCUT2D eigenvalue weighted by Crippen LogP contribution is 2.35. The van der Waals surface area contributed by atoms with Gasteiger partial charge in [0.25, 0.3) is 0 Å². The lowest BCUT2D eigenvalue weighted by molar-refractivity contribution is -0.133. The number of carbonyl (C=O) groups is 1. The van der Waals surface area contributed by atoms with E-state index in [1.807, 2.05) is 6.92 Å². The Morgan fingerprint density at radius 3 is 2.94 bits per heavy atom. The van der Waals surface area contributed by atoms with E-state index in [-0.39, 0.29) is 5.75 Å². The maximum absolute atomic E-state index is 10.6. The summed E-state index contributed by atoms with van der Waals surface area (Å²) in [7, 11) is 0. The zero-order valence-corrected chi connectivity index (χ0v) is 11.6. The summed E-state index contributed by atoms with van der Waals surface area (Å²) >= 11 is 1.26. The number of nitrogens with zero attached hydrogens (tertiary/aromatic N) is 3. The van der Waals surface area contributed by atoms with E-state index >= 15 is 0 Å². The summed E-state index contributed by atoms with van der Waals surface area (Å²) in [5.41, 5.74) is 0. The van der Waals surface area contributed by atoms with Crippen LogP contribution in [0.4, 0.5) is 0 Å². The quantitative estimate of drug-likeness (QED) is 0.851. The summed E-state index contributed by atoms with van der Waals surface area (Å²) in [4.78, 5) is 10.6. The molecule has 0 bridgehead atoms. The van der Waals surface area contributed by atoms with Crippen molar-refractivity contribution in [3.8, 4) is 0 Å². The summed E-state index contributed by atoms with van der Waals surface area (Å²) in [6, 6.07) is 0.431. The molecular formula is C12H19N3O2S. The van der Waals surface area contributed by atoms with Gasteiger partial charge in [0.05, 0.1) is 5.75 Å². The number of aliphatic carboxylic acids is 1. The Kier molecular flexibility index (Phi) is 4.27. The van der Waals surface area contributed by atoms with Crippen molar-refractivity contribution in [2.75, 3.05) is 5.75 Å². The topological polar surface area (TPSA) is 68.0 Å². The maximum Gasteiger partial charge on any atom is 0.313 e. The highest BCUT2D eigenvalue weighted by molar-refractivity contribution is 7.99. The number of thioether (sulfide) groups is 1. The fourth-order valence-electron chi connectivity index (χ4n) is 2.63. The first kappa shape index (κ1) is 13.4. The van der Waals surface area contributed by atoms with Crippen LogP contribution in [-0.2, 0) is 4.79 Å². The molecule has 6 heteroatoms. The van der Waals surface area contributed by atoms with Crippen LogP contribution in [0.1, 0.15) is 44.5 Å². The molecule has 1 aromatic heterocycles. The average Bonchev–Trinajstić information content (AvgIpc) is 2.68. The van der Waals surface area contributed by atoms with Gasteiger partial charge in [-0.25, -0.2) is 0 Å². The van der Waals surface area contributed by atoms with Crippen LogP contribution in [0.15, 0.2) is 5.16 Å². The summed E-state index contributed by atoms with van der Waals surface area (Å²) < 4.78 is 2.13. The van der Waals surface area contributed by atoms with Gasteiger partial charge < -0.3 is 9.67 Å². The maximum atomic E-state index is 10.6. The van der Waals surface area contributed by atoms with Gasteiger partial charge in [-0.05, 0) is 25.7 Å². The van der Waals surface area contributed by atoms with Crippen LogP contribution in [0.5, 0.6) is 0 Å². The molecule has 0 aromatic carbocycles. The number of aromatic nitrogens is 3. The second-order valence-corrected chi connectivity index (χ2v) is 5.95. The van der Waals surface area contributed by atoms with Crippen LogP contribution in [0, 0.1) is 12.8 Å². The molecule has 1 fully saturated rings. The molecule has 100 valence electrons. The highest BCUT2D eigenvalue weighted by Gasteiger charge is 2.24. The first-order valence-electron chi connectivity index (χ1n) is 6.34. The molecule has 2 rings (SSSR count). The van der Waals surface area contributed by atoms with Gasteiger partial charge in [-0.3, -0.25) is 4.79 Å². The van der Waals surface area contributed by atoms with Crippen LogP contribution in [-0.4, -0.2) is 31.6 Å². The molecule has 0 aliphatic heterocycles. The van der Waals surface area contributed by atoms with E-state index in [1.54, 1.807) is 0 Å². The third-order valence-corrected chi connectivity index (χ3v) is 4.36. The van der Waals surface area contributed by atoms with Crippen LogP contribution in [0.2, 0.25) is 0 Å². The highest BCUT2D eigenvalue weighted by atomic mass is 32.2. The van der Waals surface area contributed by atoms with Crippen molar-refractivity contribution < 1.29 is 9.90 Å². The first-order valence-corrected chi connectivity index (χ1v) is 7.32. The smallest absolute Gasteiger partial charge is 0.313 e. The van der Waals surface area contributed by atoms with Crippen LogP contribution < -0.4 is 0 Å². The van der Waals surface area contributed by atoms with Gasteiger partial charge in [-0.1, -0.05) is 31.5 Å². The zero-order chi connectivity index (χ0) is 13.1. The van der Waals surface area contributed by atoms with E-state index in [9.17, 15) is 4.79 Å². The van der Waals surface area contributed by atoms with Crippen molar-refractivity contribution >= 4 is 17.7 Å². The monoisotopic (exact) mass is 269 g/mol. The summed E-state index contributed by atoms with van der Waals surface area (Å²) in [6.45, 7) is 4.22. The minimum absolute atomic E-state index is 0.0421. The second kappa shape index (κ2) is 5.73. The molecule has 1 heterocycles. The van der Waals surface area contributed by atoms with Crippen molar-refractivity contribution in [2.24, 2.45) is 5.92 Å². The van der Waals surface area contributed by atoms with Crippen molar-refractivity contribution in [1.82, 2.24) is 14.8 Å². The molecule has 2 unspecified atom stereocenters. The Morgan fingerprint density at radius 2 is 2.28 bits per heavy atom. The molecule has 0 amide bonds. The first-order chi connectivity index (χ1) is 8.58. The van der Waals surface area contributed by atoms with Crippen LogP contribution in [0.3, 0.4) is 0 Å². The molecular weight excluding hydrogens is 250 g/mol. The molecule has 0 radical (unpaired) electrons. The third-order valence-electron chi connectivity index (χ3n) is 3.43. The average molecular weight is 269 g/mol. The molecule has 0 saturated heterocycles. The van der Waals surface area contributed by atoms with Gasteiger partial charge in [-0.2, -0.15) is 0 Å². The second-order valence-electron chi connectivity index (χ2n) is 5.01. The molecule has 1 aromatic rings. The van der Waals surface area contributed by atoms with Crippen LogP contribution in [0.25, 0.3) is 0 Å². The van der Waals surface area contributed by atoms with E-state index in [0.29, 0.717) is 6.04 Å². The Hall–Kier alpha value is -1.04. The molecule has 0 spiro atoms. The molecule has 5 nitrogen and oxygen atoms in total. The van der Waals surface area contributed by atoms with Gasteiger partial charge in [-0.15, -0.1) is 10.2 Å². The number of rotatable bonds is 4. The van der Waals surface area contributed by atoms with Crippen molar-refractivity contribution in [1.29, 1.82) is 0 Å². The summed E-state index contributed by atoms with van der Waals surface area (Å²) in [5, 5.41) is 17.7. The molecule has 2 atom stereocenters. The SMILES string of the molecule is Cc1nnc(SCC(=O)O)n1C1CCCC(C)C1. The third kappa shape index (κ3) is 3.04. The molecule has 18 heavy (non-hydrogen) atoms. The molecule has 1 aliphatic carbocycles. The number of aryl methyl sites for hydroxylation is 1. The van der Waals surface area contributed by atoms with Gasteiger partial charge in [0.1, 0.15) is 5.82 Å². The Bertz CT molecular complexity index is 433. The van der Waals surface area contributed by atoms with Crippen molar-refractivity contribution in [2.45, 2.75) is 50.7 Å². The van der Waals surface area contributed by atoms with E-state index < -0.39 is 5.97 Å². The van der Waals surface area contributed by atoms with E-state index in [1.165, 1.54) is 24.6 Å². The zero-order valence-electron chi connectivity index (χ0n) is 10.8. The standard InChI is InChI=1S/C12H19N3O2S/c1-8-4-3-5-10(6-8)15-9(2)13-14-12(15)18-7-11(16)17/h8,10H,3-7H2,1-2H3,(H,16,17). The summed E-state index contributed by atoms with van der Waals surface area (Å²) in [5.74, 6) is 0.842.